The number of hydrogen-bond acceptors (Lipinski definition) is 6. The van der Waals surface area contributed by atoms with Gasteiger partial charge in [-0.2, -0.15) is 4.31 Å². The van der Waals surface area contributed by atoms with Crippen molar-refractivity contribution in [2.24, 2.45) is 5.41 Å². The summed E-state index contributed by atoms with van der Waals surface area (Å²) in [5.74, 6) is -1.12. The van der Waals surface area contributed by atoms with Crippen LogP contribution in [0.15, 0.2) is 59.5 Å². The summed E-state index contributed by atoms with van der Waals surface area (Å²) in [5, 5.41) is 13.3. The van der Waals surface area contributed by atoms with Crippen molar-refractivity contribution >= 4 is 27.4 Å². The van der Waals surface area contributed by atoms with E-state index >= 15 is 0 Å². The number of carboxylic acids is 1. The highest BCUT2D eigenvalue weighted by Gasteiger charge is 2.40. The van der Waals surface area contributed by atoms with Gasteiger partial charge in [0.25, 0.3) is 0 Å². The van der Waals surface area contributed by atoms with E-state index in [-0.39, 0.29) is 24.6 Å². The summed E-state index contributed by atoms with van der Waals surface area (Å²) in [5.41, 5.74) is 10.7. The number of sulfonamides is 1. The van der Waals surface area contributed by atoms with E-state index in [4.69, 9.17) is 10.5 Å². The molecule has 3 aromatic carbocycles. The normalized spacial score (nSPS) is 15.5. The fraction of sp³-hybridized carbons (Fsp3) is 0.387. The zero-order valence-corrected chi connectivity index (χ0v) is 25.2. The minimum atomic E-state index is -3.79. The van der Waals surface area contributed by atoms with E-state index in [1.54, 1.807) is 45.2 Å². The molecule has 0 saturated heterocycles. The van der Waals surface area contributed by atoms with E-state index in [1.807, 2.05) is 58.0 Å². The Bertz CT molecular complexity index is 1480. The smallest absolute Gasteiger partial charge is 0.310 e. The highest BCUT2D eigenvalue weighted by atomic mass is 32.2. The van der Waals surface area contributed by atoms with Crippen LogP contribution in [-0.4, -0.2) is 44.0 Å². The van der Waals surface area contributed by atoms with Gasteiger partial charge < -0.3 is 20.9 Å². The van der Waals surface area contributed by atoms with Gasteiger partial charge in [-0.1, -0.05) is 50.2 Å². The van der Waals surface area contributed by atoms with Crippen LogP contribution in [0.2, 0.25) is 0 Å². The van der Waals surface area contributed by atoms with Crippen molar-refractivity contribution in [3.8, 4) is 5.75 Å². The molecule has 1 heterocycles. The number of carbonyl (C=O) groups is 1. The molecule has 216 valence electrons. The SMILES string of the molecule is CC.CNc1ccc(C(c2ccc(C)c(CN3CCOc4ccccc4S3(=O)=O)c2)C(C)(C)C(=O)O)c(C)c1N. The largest absolute Gasteiger partial charge is 0.491 e. The zero-order valence-electron chi connectivity index (χ0n) is 24.4. The molecule has 1 unspecified atom stereocenters. The summed E-state index contributed by atoms with van der Waals surface area (Å²) < 4.78 is 34.2. The highest BCUT2D eigenvalue weighted by Crippen LogP contribution is 2.45. The molecule has 0 amide bonds. The summed E-state index contributed by atoms with van der Waals surface area (Å²) in [6.45, 7) is 11.8. The van der Waals surface area contributed by atoms with Gasteiger partial charge in [-0.3, -0.25) is 4.79 Å². The summed E-state index contributed by atoms with van der Waals surface area (Å²) >= 11 is 0. The molecule has 1 aliphatic heterocycles. The van der Waals surface area contributed by atoms with Crippen LogP contribution in [0.25, 0.3) is 0 Å². The van der Waals surface area contributed by atoms with E-state index in [0.717, 1.165) is 33.5 Å². The van der Waals surface area contributed by atoms with Crippen LogP contribution in [0.1, 0.15) is 61.4 Å². The van der Waals surface area contributed by atoms with Crippen molar-refractivity contribution in [3.05, 3.63) is 82.4 Å². The number of benzene rings is 3. The maximum atomic E-state index is 13.5. The van der Waals surface area contributed by atoms with Crippen LogP contribution in [0.3, 0.4) is 0 Å². The van der Waals surface area contributed by atoms with E-state index in [9.17, 15) is 18.3 Å². The second-order valence-corrected chi connectivity index (χ2v) is 12.2. The van der Waals surface area contributed by atoms with Crippen molar-refractivity contribution in [3.63, 3.8) is 0 Å². The van der Waals surface area contributed by atoms with Crippen LogP contribution in [0.5, 0.6) is 5.75 Å². The first-order chi connectivity index (χ1) is 18.9. The number of carboxylic acid groups (broad SMARTS) is 1. The third kappa shape index (κ3) is 5.81. The minimum absolute atomic E-state index is 0.139. The van der Waals surface area contributed by atoms with Gasteiger partial charge in [0.2, 0.25) is 10.0 Å². The van der Waals surface area contributed by atoms with E-state index in [2.05, 4.69) is 5.32 Å². The standard InChI is InChI=1S/C29H35N3O5S.C2H6/c1-18-10-11-20(26(29(3,4)28(33)34)22-12-13-23(31-5)27(30)19(22)2)16-21(18)17-32-14-15-37-24-8-6-7-9-25(24)38(32,35)36;1-2/h6-13,16,26,31H,14-15,17,30H2,1-5H3,(H,33,34);1-2H3. The van der Waals surface area contributed by atoms with Crippen molar-refractivity contribution in [2.75, 3.05) is 31.2 Å². The predicted molar refractivity (Wildman–Crippen MR) is 160 cm³/mol. The molecule has 8 nitrogen and oxygen atoms in total. The molecule has 40 heavy (non-hydrogen) atoms. The molecule has 4 rings (SSSR count). The number of ether oxygens (including phenoxy) is 1. The van der Waals surface area contributed by atoms with E-state index < -0.39 is 27.3 Å². The second-order valence-electron chi connectivity index (χ2n) is 10.3. The lowest BCUT2D eigenvalue weighted by atomic mass is 9.69. The molecule has 0 saturated carbocycles. The van der Waals surface area contributed by atoms with Crippen molar-refractivity contribution in [2.45, 2.75) is 58.9 Å². The maximum Gasteiger partial charge on any atom is 0.310 e. The van der Waals surface area contributed by atoms with E-state index in [1.165, 1.54) is 4.31 Å². The molecule has 0 spiro atoms. The molecule has 0 bridgehead atoms. The molecule has 1 aliphatic rings. The summed E-state index contributed by atoms with van der Waals surface area (Å²) in [6, 6.07) is 16.2. The Morgan fingerprint density at radius 2 is 1.80 bits per heavy atom. The van der Waals surface area contributed by atoms with Gasteiger partial charge in [0.05, 0.1) is 16.8 Å². The summed E-state index contributed by atoms with van der Waals surface area (Å²) in [7, 11) is -2.00. The van der Waals surface area contributed by atoms with Crippen molar-refractivity contribution in [1.29, 1.82) is 0 Å². The Morgan fingerprint density at radius 1 is 1.12 bits per heavy atom. The number of rotatable bonds is 7. The van der Waals surface area contributed by atoms with Crippen molar-refractivity contribution in [1.82, 2.24) is 4.31 Å². The number of nitrogens with one attached hydrogen (secondary N) is 1. The number of nitrogen functional groups attached to an aromatic ring is 1. The first-order valence-electron chi connectivity index (χ1n) is 13.5. The van der Waals surface area contributed by atoms with Gasteiger partial charge in [-0.25, -0.2) is 8.42 Å². The number of para-hydroxylation sites is 1. The third-order valence-electron chi connectivity index (χ3n) is 7.53. The highest BCUT2D eigenvalue weighted by molar-refractivity contribution is 7.89. The van der Waals surface area contributed by atoms with Crippen LogP contribution >= 0.6 is 0 Å². The average molecular weight is 568 g/mol. The Morgan fingerprint density at radius 3 is 2.45 bits per heavy atom. The van der Waals surface area contributed by atoms with Gasteiger partial charge in [0.15, 0.2) is 0 Å². The molecule has 1 atom stereocenters. The molecule has 0 aromatic heterocycles. The molecule has 3 aromatic rings. The van der Waals surface area contributed by atoms with E-state index in [0.29, 0.717) is 11.4 Å². The number of anilines is 2. The molecule has 0 fully saturated rings. The predicted octanol–water partition coefficient (Wildman–Crippen LogP) is 5.78. The number of nitrogens with two attached hydrogens (primary N) is 1. The van der Waals surface area contributed by atoms with Crippen LogP contribution < -0.4 is 15.8 Å². The van der Waals surface area contributed by atoms with Crippen LogP contribution in [-0.2, 0) is 21.4 Å². The monoisotopic (exact) mass is 567 g/mol. The molecule has 4 N–H and O–H groups in total. The zero-order chi connectivity index (χ0) is 29.8. The molecule has 0 radical (unpaired) electrons. The molecular formula is C31H41N3O5S. The van der Waals surface area contributed by atoms with Gasteiger partial charge in [-0.15, -0.1) is 0 Å². The number of nitrogens with zero attached hydrogens (tertiary/aromatic N) is 1. The Balaban J connectivity index is 0.00000216. The lowest BCUT2D eigenvalue weighted by Crippen LogP contribution is -2.33. The third-order valence-corrected chi connectivity index (χ3v) is 9.41. The Hall–Kier alpha value is -3.56. The quantitative estimate of drug-likeness (QED) is 0.309. The lowest BCUT2D eigenvalue weighted by Gasteiger charge is -2.33. The lowest BCUT2D eigenvalue weighted by molar-refractivity contribution is -0.147. The summed E-state index contributed by atoms with van der Waals surface area (Å²) in [4.78, 5) is 12.6. The molecule has 9 heteroatoms. The minimum Gasteiger partial charge on any atom is -0.491 e. The average Bonchev–Trinajstić information content (AvgIpc) is 3.05. The fourth-order valence-electron chi connectivity index (χ4n) is 5.08. The Kier molecular flexibility index (Phi) is 9.53. The molecular weight excluding hydrogens is 526 g/mol. The Labute approximate surface area is 238 Å². The number of aliphatic carboxylic acids is 1. The van der Waals surface area contributed by atoms with Gasteiger partial charge in [0.1, 0.15) is 17.3 Å². The van der Waals surface area contributed by atoms with Crippen molar-refractivity contribution < 1.29 is 23.1 Å². The van der Waals surface area contributed by atoms with Gasteiger partial charge >= 0.3 is 5.97 Å². The second kappa shape index (κ2) is 12.3. The molecule has 0 aliphatic carbocycles. The summed E-state index contributed by atoms with van der Waals surface area (Å²) in [6.07, 6.45) is 0. The number of fused-ring (bicyclic) bond motifs is 1. The van der Waals surface area contributed by atoms with Crippen LogP contribution in [0, 0.1) is 19.3 Å². The van der Waals surface area contributed by atoms with Gasteiger partial charge in [0, 0.05) is 26.1 Å². The van der Waals surface area contributed by atoms with Crippen LogP contribution in [0.4, 0.5) is 11.4 Å². The topological polar surface area (TPSA) is 122 Å². The number of hydrogen-bond donors (Lipinski definition) is 3. The fourth-order valence-corrected chi connectivity index (χ4v) is 6.61. The number of aryl methyl sites for hydroxylation is 1. The maximum absolute atomic E-state index is 13.5. The first kappa shape index (κ1) is 31.0. The van der Waals surface area contributed by atoms with Gasteiger partial charge in [-0.05, 0) is 73.7 Å². The first-order valence-corrected chi connectivity index (χ1v) is 14.9.